The number of nitrogens with one attached hydrogen (secondary N) is 1. The summed E-state index contributed by atoms with van der Waals surface area (Å²) < 4.78 is 5.40. The van der Waals surface area contributed by atoms with E-state index in [9.17, 15) is 4.79 Å². The van der Waals surface area contributed by atoms with Gasteiger partial charge in [-0.2, -0.15) is 0 Å². The highest BCUT2D eigenvalue weighted by atomic mass is 16.5. The van der Waals surface area contributed by atoms with Crippen LogP contribution >= 0.6 is 0 Å². The molecule has 0 bridgehead atoms. The molecule has 0 unspecified atom stereocenters. The predicted molar refractivity (Wildman–Crippen MR) is 92.8 cm³/mol. The maximum Gasteiger partial charge on any atom is 0.255 e. The van der Waals surface area contributed by atoms with Crippen molar-refractivity contribution in [2.45, 2.75) is 6.54 Å². The smallest absolute Gasteiger partial charge is 0.255 e. The molecule has 0 heterocycles. The quantitative estimate of drug-likeness (QED) is 0.823. The molecule has 2 aromatic rings. The van der Waals surface area contributed by atoms with Gasteiger partial charge in [0.1, 0.15) is 12.4 Å². The summed E-state index contributed by atoms with van der Waals surface area (Å²) in [6.45, 7) is 1.81. The topological polar surface area (TPSA) is 67.6 Å². The molecule has 0 aliphatic heterocycles. The Labute approximate surface area is 137 Å². The van der Waals surface area contributed by atoms with Crippen LogP contribution in [-0.4, -0.2) is 38.1 Å². The lowest BCUT2D eigenvalue weighted by atomic mass is 10.1. The van der Waals surface area contributed by atoms with E-state index in [1.165, 1.54) is 5.56 Å². The van der Waals surface area contributed by atoms with E-state index >= 15 is 0 Å². The first-order chi connectivity index (χ1) is 11.1. The summed E-state index contributed by atoms with van der Waals surface area (Å²) in [4.78, 5) is 14.3. The van der Waals surface area contributed by atoms with Gasteiger partial charge < -0.3 is 20.7 Å². The van der Waals surface area contributed by atoms with Crippen LogP contribution in [0.4, 0.5) is 5.69 Å². The van der Waals surface area contributed by atoms with Crippen molar-refractivity contribution in [2.24, 2.45) is 5.73 Å². The normalized spacial score (nSPS) is 10.6. The fraction of sp³-hybridized carbons (Fsp3) is 0.278. The molecule has 3 N–H and O–H groups in total. The second-order valence-corrected chi connectivity index (χ2v) is 5.55. The third-order valence-corrected chi connectivity index (χ3v) is 3.21. The molecule has 0 aliphatic rings. The van der Waals surface area contributed by atoms with Crippen LogP contribution in [0.25, 0.3) is 0 Å². The highest BCUT2D eigenvalue weighted by Crippen LogP contribution is 2.16. The zero-order valence-corrected chi connectivity index (χ0v) is 13.6. The first kappa shape index (κ1) is 17.0. The Bertz CT molecular complexity index is 622. The molecule has 0 saturated carbocycles. The van der Waals surface area contributed by atoms with E-state index in [4.69, 9.17) is 10.5 Å². The molecule has 2 rings (SSSR count). The van der Waals surface area contributed by atoms with Crippen LogP contribution in [0, 0.1) is 0 Å². The van der Waals surface area contributed by atoms with E-state index in [0.29, 0.717) is 18.7 Å². The highest BCUT2D eigenvalue weighted by Gasteiger charge is 2.06. The number of benzene rings is 2. The summed E-state index contributed by atoms with van der Waals surface area (Å²) >= 11 is 0. The molecule has 5 heteroatoms. The third kappa shape index (κ3) is 5.39. The van der Waals surface area contributed by atoms with E-state index in [-0.39, 0.29) is 5.91 Å². The lowest BCUT2D eigenvalue weighted by Crippen LogP contribution is -2.13. The van der Waals surface area contributed by atoms with Gasteiger partial charge in [-0.25, -0.2) is 0 Å². The molecule has 122 valence electrons. The summed E-state index contributed by atoms with van der Waals surface area (Å²) in [5, 5.41) is 2.87. The first-order valence-electron chi connectivity index (χ1n) is 7.56. The number of amides is 1. The van der Waals surface area contributed by atoms with Crippen LogP contribution in [0.1, 0.15) is 15.9 Å². The maximum atomic E-state index is 12.2. The van der Waals surface area contributed by atoms with E-state index < -0.39 is 0 Å². The Morgan fingerprint density at radius 3 is 2.30 bits per heavy atom. The van der Waals surface area contributed by atoms with Gasteiger partial charge >= 0.3 is 0 Å². The molecule has 2 aromatic carbocycles. The van der Waals surface area contributed by atoms with E-state index in [1.807, 2.05) is 62.6 Å². The number of ether oxygens (including phenoxy) is 1. The second kappa shape index (κ2) is 8.31. The molecule has 23 heavy (non-hydrogen) atoms. The van der Waals surface area contributed by atoms with Crippen molar-refractivity contribution in [1.82, 2.24) is 4.90 Å². The summed E-state index contributed by atoms with van der Waals surface area (Å²) in [5.74, 6) is 0.610. The van der Waals surface area contributed by atoms with Crippen LogP contribution in [0.2, 0.25) is 0 Å². The average Bonchev–Trinajstić information content (AvgIpc) is 2.54. The van der Waals surface area contributed by atoms with Gasteiger partial charge in [-0.15, -0.1) is 0 Å². The molecule has 0 saturated heterocycles. The van der Waals surface area contributed by atoms with Crippen molar-refractivity contribution in [3.8, 4) is 5.75 Å². The van der Waals surface area contributed by atoms with E-state index in [1.54, 1.807) is 0 Å². The van der Waals surface area contributed by atoms with Gasteiger partial charge in [0, 0.05) is 24.3 Å². The van der Waals surface area contributed by atoms with Crippen molar-refractivity contribution in [1.29, 1.82) is 0 Å². The maximum absolute atomic E-state index is 12.2. The number of nitrogens with two attached hydrogens (primary N) is 1. The Morgan fingerprint density at radius 1 is 1.09 bits per heavy atom. The number of nitrogens with zero attached hydrogens (tertiary/aromatic N) is 1. The lowest BCUT2D eigenvalue weighted by molar-refractivity contribution is 0.102. The van der Waals surface area contributed by atoms with Gasteiger partial charge in [-0.3, -0.25) is 4.79 Å². The third-order valence-electron chi connectivity index (χ3n) is 3.21. The van der Waals surface area contributed by atoms with Crippen molar-refractivity contribution in [3.05, 3.63) is 59.7 Å². The number of hydrogen-bond acceptors (Lipinski definition) is 4. The Balaban J connectivity index is 1.95. The monoisotopic (exact) mass is 313 g/mol. The highest BCUT2D eigenvalue weighted by molar-refractivity contribution is 6.04. The van der Waals surface area contributed by atoms with Crippen molar-refractivity contribution >= 4 is 11.6 Å². The molecule has 0 radical (unpaired) electrons. The van der Waals surface area contributed by atoms with Crippen molar-refractivity contribution in [2.75, 3.05) is 32.6 Å². The van der Waals surface area contributed by atoms with Crippen LogP contribution in [0.15, 0.2) is 48.5 Å². The summed E-state index contributed by atoms with van der Waals surface area (Å²) in [6, 6.07) is 14.9. The van der Waals surface area contributed by atoms with Gasteiger partial charge in [0.05, 0.1) is 0 Å². The molecule has 0 aromatic heterocycles. The van der Waals surface area contributed by atoms with Crippen molar-refractivity contribution in [3.63, 3.8) is 0 Å². The molecule has 5 nitrogen and oxygen atoms in total. The molecule has 1 amide bonds. The number of rotatable bonds is 7. The van der Waals surface area contributed by atoms with Crippen LogP contribution in [0.3, 0.4) is 0 Å². The first-order valence-corrected chi connectivity index (χ1v) is 7.56. The molecule has 0 atom stereocenters. The predicted octanol–water partition coefficient (Wildman–Crippen LogP) is 2.34. The Hall–Kier alpha value is -2.37. The second-order valence-electron chi connectivity index (χ2n) is 5.55. The molecule has 0 aliphatic carbocycles. The SMILES string of the molecule is CN(C)Cc1ccc(C(=O)Nc2ccc(OCCN)cc2)cc1. The van der Waals surface area contributed by atoms with E-state index in [2.05, 4.69) is 10.2 Å². The molecule has 0 spiro atoms. The Morgan fingerprint density at radius 2 is 1.74 bits per heavy atom. The zero-order valence-electron chi connectivity index (χ0n) is 13.6. The fourth-order valence-electron chi connectivity index (χ4n) is 2.14. The van der Waals surface area contributed by atoms with Crippen LogP contribution < -0.4 is 15.8 Å². The summed E-state index contributed by atoms with van der Waals surface area (Å²) in [7, 11) is 4.03. The largest absolute Gasteiger partial charge is 0.492 e. The van der Waals surface area contributed by atoms with Gasteiger partial charge in [0.25, 0.3) is 5.91 Å². The molecular weight excluding hydrogens is 290 g/mol. The fourth-order valence-corrected chi connectivity index (χ4v) is 2.14. The number of carbonyl (C=O) groups is 1. The van der Waals surface area contributed by atoms with Gasteiger partial charge in [-0.05, 0) is 56.1 Å². The zero-order chi connectivity index (χ0) is 16.7. The van der Waals surface area contributed by atoms with Gasteiger partial charge in [0.15, 0.2) is 0 Å². The Kier molecular flexibility index (Phi) is 6.14. The van der Waals surface area contributed by atoms with Gasteiger partial charge in [-0.1, -0.05) is 12.1 Å². The number of anilines is 1. The van der Waals surface area contributed by atoms with Crippen molar-refractivity contribution < 1.29 is 9.53 Å². The lowest BCUT2D eigenvalue weighted by Gasteiger charge is -2.10. The molecule has 0 fully saturated rings. The average molecular weight is 313 g/mol. The number of carbonyl (C=O) groups excluding carboxylic acids is 1. The summed E-state index contributed by atoms with van der Waals surface area (Å²) in [5.41, 5.74) is 7.93. The van der Waals surface area contributed by atoms with Crippen LogP contribution in [0.5, 0.6) is 5.75 Å². The minimum Gasteiger partial charge on any atom is -0.492 e. The summed E-state index contributed by atoms with van der Waals surface area (Å²) in [6.07, 6.45) is 0. The van der Waals surface area contributed by atoms with Crippen LogP contribution in [-0.2, 0) is 6.54 Å². The van der Waals surface area contributed by atoms with E-state index in [0.717, 1.165) is 18.0 Å². The minimum atomic E-state index is -0.128. The molecular formula is C18H23N3O2. The standard InChI is InChI=1S/C18H23N3O2/c1-21(2)13-14-3-5-15(6-4-14)18(22)20-16-7-9-17(10-8-16)23-12-11-19/h3-10H,11-13,19H2,1-2H3,(H,20,22). The number of hydrogen-bond donors (Lipinski definition) is 2. The van der Waals surface area contributed by atoms with Gasteiger partial charge in [0.2, 0.25) is 0 Å². The minimum absolute atomic E-state index is 0.128.